The lowest BCUT2D eigenvalue weighted by Crippen LogP contribution is -2.14. The molecule has 2 heterocycles. The first kappa shape index (κ1) is 13.5. The quantitative estimate of drug-likeness (QED) is 0.706. The summed E-state index contributed by atoms with van der Waals surface area (Å²) >= 11 is 4.81. The van der Waals surface area contributed by atoms with Gasteiger partial charge in [0.25, 0.3) is 5.56 Å². The fourth-order valence-corrected chi connectivity index (χ4v) is 3.61. The standard InChI is InChI=1S/C14H10BrFN2OS/c1-8-13(15)18-12(19)7-10(17-14(18)20-8)6-9-4-2-3-5-11(9)16/h2-5,7H,6H2,1H3. The SMILES string of the molecule is Cc1sc2nc(Cc3ccccc3F)cc(=O)n2c1Br. The van der Waals surface area contributed by atoms with Gasteiger partial charge in [0, 0.05) is 17.4 Å². The van der Waals surface area contributed by atoms with Crippen molar-refractivity contribution >= 4 is 32.2 Å². The molecule has 6 heteroatoms. The van der Waals surface area contributed by atoms with Crippen LogP contribution in [-0.2, 0) is 6.42 Å². The van der Waals surface area contributed by atoms with E-state index in [0.717, 1.165) is 9.48 Å². The summed E-state index contributed by atoms with van der Waals surface area (Å²) in [4.78, 5) is 18.2. The predicted molar refractivity (Wildman–Crippen MR) is 81.0 cm³/mol. The second kappa shape index (κ2) is 5.10. The highest BCUT2D eigenvalue weighted by Gasteiger charge is 2.12. The lowest BCUT2D eigenvalue weighted by Gasteiger charge is -2.03. The molecule has 0 unspecified atom stereocenters. The van der Waals surface area contributed by atoms with Crippen molar-refractivity contribution in [2.24, 2.45) is 0 Å². The van der Waals surface area contributed by atoms with E-state index >= 15 is 0 Å². The zero-order valence-electron chi connectivity index (χ0n) is 10.6. The highest BCUT2D eigenvalue weighted by atomic mass is 79.9. The topological polar surface area (TPSA) is 34.4 Å². The van der Waals surface area contributed by atoms with Gasteiger partial charge >= 0.3 is 0 Å². The summed E-state index contributed by atoms with van der Waals surface area (Å²) in [6.07, 6.45) is 0.312. The molecule has 0 bridgehead atoms. The van der Waals surface area contributed by atoms with Gasteiger partial charge in [0.15, 0.2) is 4.96 Å². The van der Waals surface area contributed by atoms with Gasteiger partial charge in [-0.2, -0.15) is 0 Å². The second-order valence-corrected chi connectivity index (χ2v) is 6.35. The van der Waals surface area contributed by atoms with E-state index in [9.17, 15) is 9.18 Å². The van der Waals surface area contributed by atoms with Gasteiger partial charge in [-0.1, -0.05) is 18.2 Å². The number of rotatable bonds is 2. The average Bonchev–Trinajstić information content (AvgIpc) is 2.68. The summed E-state index contributed by atoms with van der Waals surface area (Å²) in [6.45, 7) is 1.92. The molecular weight excluding hydrogens is 343 g/mol. The normalized spacial score (nSPS) is 11.2. The maximum absolute atomic E-state index is 13.6. The molecule has 0 aliphatic carbocycles. The number of nitrogens with zero attached hydrogens (tertiary/aromatic N) is 2. The third kappa shape index (κ3) is 2.29. The minimum Gasteiger partial charge on any atom is -0.269 e. The van der Waals surface area contributed by atoms with E-state index in [1.165, 1.54) is 27.9 Å². The zero-order valence-corrected chi connectivity index (χ0v) is 13.0. The smallest absolute Gasteiger partial charge is 0.259 e. The molecule has 3 aromatic rings. The Bertz CT molecular complexity index is 856. The number of thiazole rings is 1. The maximum Gasteiger partial charge on any atom is 0.259 e. The molecule has 102 valence electrons. The molecule has 0 radical (unpaired) electrons. The third-order valence-corrected chi connectivity index (χ3v) is 5.17. The Labute approximate surface area is 126 Å². The number of aromatic nitrogens is 2. The van der Waals surface area contributed by atoms with E-state index in [0.29, 0.717) is 22.6 Å². The molecule has 0 saturated carbocycles. The van der Waals surface area contributed by atoms with Crippen LogP contribution < -0.4 is 5.56 Å². The summed E-state index contributed by atoms with van der Waals surface area (Å²) in [5.41, 5.74) is 0.961. The number of aryl methyl sites for hydroxylation is 1. The lowest BCUT2D eigenvalue weighted by molar-refractivity contribution is 0.613. The van der Waals surface area contributed by atoms with Crippen molar-refractivity contribution in [2.75, 3.05) is 0 Å². The molecule has 0 N–H and O–H groups in total. The van der Waals surface area contributed by atoms with Crippen LogP contribution in [0.15, 0.2) is 39.7 Å². The Balaban J connectivity index is 2.10. The van der Waals surface area contributed by atoms with Gasteiger partial charge < -0.3 is 0 Å². The van der Waals surface area contributed by atoms with Gasteiger partial charge in [0.1, 0.15) is 10.4 Å². The van der Waals surface area contributed by atoms with Gasteiger partial charge in [-0.3, -0.25) is 4.79 Å². The van der Waals surface area contributed by atoms with Crippen molar-refractivity contribution in [3.8, 4) is 0 Å². The van der Waals surface area contributed by atoms with Crippen LogP contribution in [0.2, 0.25) is 0 Å². The minimum absolute atomic E-state index is 0.155. The highest BCUT2D eigenvalue weighted by Crippen LogP contribution is 2.24. The summed E-state index contributed by atoms with van der Waals surface area (Å²) in [6, 6.07) is 7.98. The van der Waals surface area contributed by atoms with Crippen molar-refractivity contribution in [3.63, 3.8) is 0 Å². The van der Waals surface area contributed by atoms with Crippen LogP contribution in [0.4, 0.5) is 4.39 Å². The number of hydrogen-bond acceptors (Lipinski definition) is 3. The van der Waals surface area contributed by atoms with E-state index in [-0.39, 0.29) is 11.4 Å². The number of fused-ring (bicyclic) bond motifs is 1. The molecule has 0 saturated heterocycles. The molecule has 1 aromatic carbocycles. The van der Waals surface area contributed by atoms with Crippen molar-refractivity contribution in [2.45, 2.75) is 13.3 Å². The Kier molecular flexibility index (Phi) is 3.43. The van der Waals surface area contributed by atoms with Gasteiger partial charge in [0.2, 0.25) is 0 Å². The lowest BCUT2D eigenvalue weighted by atomic mass is 10.1. The average molecular weight is 353 g/mol. The third-order valence-electron chi connectivity index (χ3n) is 3.00. The molecule has 0 fully saturated rings. The van der Waals surface area contributed by atoms with Gasteiger partial charge in [0.05, 0.1) is 5.69 Å². The molecule has 3 rings (SSSR count). The van der Waals surface area contributed by atoms with Crippen LogP contribution in [0.1, 0.15) is 16.1 Å². The summed E-state index contributed by atoms with van der Waals surface area (Å²) in [5, 5.41) is 0. The molecule has 2 aromatic heterocycles. The molecular formula is C14H10BrFN2OS. The minimum atomic E-state index is -0.280. The first-order valence-electron chi connectivity index (χ1n) is 5.97. The molecule has 0 aliphatic rings. The number of benzene rings is 1. The van der Waals surface area contributed by atoms with Crippen molar-refractivity contribution in [1.29, 1.82) is 0 Å². The van der Waals surface area contributed by atoms with E-state index in [2.05, 4.69) is 20.9 Å². The fraction of sp³-hybridized carbons (Fsp3) is 0.143. The Morgan fingerprint density at radius 3 is 2.90 bits per heavy atom. The van der Waals surface area contributed by atoms with Crippen molar-refractivity contribution in [3.05, 3.63) is 67.2 Å². The first-order valence-corrected chi connectivity index (χ1v) is 7.58. The summed E-state index contributed by atoms with van der Waals surface area (Å²) in [7, 11) is 0. The monoisotopic (exact) mass is 352 g/mol. The van der Waals surface area contributed by atoms with Crippen LogP contribution in [0.3, 0.4) is 0 Å². The molecule has 0 amide bonds. The Hall–Kier alpha value is -1.53. The van der Waals surface area contributed by atoms with E-state index in [1.54, 1.807) is 18.2 Å². The maximum atomic E-state index is 13.6. The van der Waals surface area contributed by atoms with E-state index in [4.69, 9.17) is 0 Å². The van der Waals surface area contributed by atoms with E-state index in [1.807, 2.05) is 6.92 Å². The van der Waals surface area contributed by atoms with Crippen LogP contribution in [0.25, 0.3) is 4.96 Å². The van der Waals surface area contributed by atoms with Crippen LogP contribution in [-0.4, -0.2) is 9.38 Å². The molecule has 0 atom stereocenters. The van der Waals surface area contributed by atoms with Crippen molar-refractivity contribution < 1.29 is 4.39 Å². The number of halogens is 2. The number of hydrogen-bond donors (Lipinski definition) is 0. The molecule has 3 nitrogen and oxygen atoms in total. The Morgan fingerprint density at radius 1 is 1.40 bits per heavy atom. The molecule has 20 heavy (non-hydrogen) atoms. The van der Waals surface area contributed by atoms with Crippen LogP contribution >= 0.6 is 27.3 Å². The summed E-state index contributed by atoms with van der Waals surface area (Å²) in [5.74, 6) is -0.280. The molecule has 0 aliphatic heterocycles. The predicted octanol–water partition coefficient (Wildman–Crippen LogP) is 3.56. The van der Waals surface area contributed by atoms with Gasteiger partial charge in [-0.25, -0.2) is 13.8 Å². The highest BCUT2D eigenvalue weighted by molar-refractivity contribution is 9.10. The van der Waals surface area contributed by atoms with Crippen molar-refractivity contribution in [1.82, 2.24) is 9.38 Å². The molecule has 0 spiro atoms. The summed E-state index contributed by atoms with van der Waals surface area (Å²) < 4.78 is 15.9. The Morgan fingerprint density at radius 2 is 2.15 bits per heavy atom. The first-order chi connectivity index (χ1) is 9.56. The second-order valence-electron chi connectivity index (χ2n) is 4.42. The largest absolute Gasteiger partial charge is 0.269 e. The van der Waals surface area contributed by atoms with Crippen LogP contribution in [0.5, 0.6) is 0 Å². The van der Waals surface area contributed by atoms with Gasteiger partial charge in [-0.15, -0.1) is 11.3 Å². The fourth-order valence-electron chi connectivity index (χ4n) is 2.02. The van der Waals surface area contributed by atoms with E-state index < -0.39 is 0 Å². The van der Waals surface area contributed by atoms with Gasteiger partial charge in [-0.05, 0) is 34.5 Å². The zero-order chi connectivity index (χ0) is 14.3. The van der Waals surface area contributed by atoms with Crippen LogP contribution in [0, 0.1) is 12.7 Å².